The molecule has 0 bridgehead atoms. The number of halogens is 6. The second-order valence-electron chi connectivity index (χ2n) is 12.5. The van der Waals surface area contributed by atoms with Crippen molar-refractivity contribution in [2.45, 2.75) is 110 Å². The van der Waals surface area contributed by atoms with Gasteiger partial charge in [-0.1, -0.05) is 13.2 Å². The molecular formula is C24H46F6O7Si4. The molecule has 0 aromatic heterocycles. The molecule has 0 fully saturated rings. The third-order valence-corrected chi connectivity index (χ3v) is 16.1. The van der Waals surface area contributed by atoms with Gasteiger partial charge in [0.2, 0.25) is 0 Å². The van der Waals surface area contributed by atoms with E-state index in [2.05, 4.69) is 76.8 Å². The van der Waals surface area contributed by atoms with Crippen LogP contribution in [0, 0.1) is 0 Å². The number of carbonyl (C=O) groups is 2. The van der Waals surface area contributed by atoms with Gasteiger partial charge in [0.15, 0.2) is 25.0 Å². The average molecular weight is 673 g/mol. The van der Waals surface area contributed by atoms with Crippen LogP contribution < -0.4 is 0 Å². The maximum absolute atomic E-state index is 12.6. The van der Waals surface area contributed by atoms with Gasteiger partial charge in [-0.2, -0.15) is 26.3 Å². The lowest BCUT2D eigenvalue weighted by molar-refractivity contribution is -0.380. The Hall–Kier alpha value is -1.25. The lowest BCUT2D eigenvalue weighted by Gasteiger charge is -2.42. The van der Waals surface area contributed by atoms with Gasteiger partial charge >= 0.3 is 38.7 Å². The Morgan fingerprint density at radius 3 is 1.29 bits per heavy atom. The van der Waals surface area contributed by atoms with E-state index < -0.39 is 70.2 Å². The summed E-state index contributed by atoms with van der Waals surface area (Å²) in [5.41, 5.74) is -0.201. The third kappa shape index (κ3) is 16.8. The van der Waals surface area contributed by atoms with E-state index in [1.807, 2.05) is 0 Å². The van der Waals surface area contributed by atoms with E-state index in [0.29, 0.717) is 24.6 Å². The molecule has 0 aromatic carbocycles. The Kier molecular flexibility index (Phi) is 15.3. The van der Waals surface area contributed by atoms with Gasteiger partial charge < -0.3 is 21.8 Å². The van der Waals surface area contributed by atoms with E-state index in [9.17, 15) is 35.9 Å². The molecule has 0 aliphatic heterocycles. The van der Waals surface area contributed by atoms with Gasteiger partial charge in [0.25, 0.3) is 0 Å². The van der Waals surface area contributed by atoms with Crippen LogP contribution in [0.25, 0.3) is 0 Å². The van der Waals surface area contributed by atoms with Gasteiger partial charge in [-0.15, -0.1) is 0 Å². The van der Waals surface area contributed by atoms with Gasteiger partial charge in [-0.3, -0.25) is 0 Å². The first-order valence-corrected chi connectivity index (χ1v) is 24.9. The standard InChI is InChI=1S/C16H38O5Si4.C8H8F6O2/c1-15(2)16(17)18-13-12-14-25(19-22(3,4)5,20-23(6,7)8)21-24(9,10)11;1-4(2)5(15)16-8(13,14)7(11,12)6(3,9)10/h1,12-14H2,2-11H3;1H2,2-3H3. The van der Waals surface area contributed by atoms with Crippen LogP contribution in [0.3, 0.4) is 0 Å². The van der Waals surface area contributed by atoms with E-state index >= 15 is 0 Å². The van der Waals surface area contributed by atoms with E-state index in [0.717, 1.165) is 6.92 Å². The molecule has 0 N–H and O–H groups in total. The summed E-state index contributed by atoms with van der Waals surface area (Å²) in [6, 6.07) is 0.676. The molecule has 0 amide bonds. The molecule has 0 aliphatic carbocycles. The molecule has 17 heteroatoms. The lowest BCUT2D eigenvalue weighted by Crippen LogP contribution is -2.60. The molecule has 41 heavy (non-hydrogen) atoms. The Labute approximate surface area is 244 Å². The molecule has 0 aromatic rings. The predicted molar refractivity (Wildman–Crippen MR) is 156 cm³/mol. The molecule has 242 valence electrons. The summed E-state index contributed by atoms with van der Waals surface area (Å²) in [5.74, 6) is -13.1. The van der Waals surface area contributed by atoms with E-state index in [1.165, 1.54) is 0 Å². The molecule has 0 unspecified atom stereocenters. The number of hydrogen-bond donors (Lipinski definition) is 0. The fraction of sp³-hybridized carbons (Fsp3) is 0.750. The molecular weight excluding hydrogens is 627 g/mol. The molecule has 7 nitrogen and oxygen atoms in total. The number of alkyl halides is 6. The average Bonchev–Trinajstić information content (AvgIpc) is 2.65. The Balaban J connectivity index is 0. The second kappa shape index (κ2) is 15.0. The van der Waals surface area contributed by atoms with Crippen molar-refractivity contribution >= 4 is 45.7 Å². The highest BCUT2D eigenvalue weighted by molar-refractivity contribution is 6.90. The Morgan fingerprint density at radius 2 is 1.02 bits per heavy atom. The van der Waals surface area contributed by atoms with Crippen LogP contribution in [0.1, 0.15) is 27.2 Å². The largest absolute Gasteiger partial charge is 0.473 e. The molecule has 0 saturated heterocycles. The SMILES string of the molecule is C=C(C)C(=O)OC(F)(F)C(F)(F)C(C)(F)F.C=C(C)C(=O)OCCC[Si](O[Si](C)(C)C)(O[Si](C)(C)C)O[Si](C)(C)C. The Bertz CT molecular complexity index is 881. The smallest absolute Gasteiger partial charge is 0.462 e. The molecule has 0 heterocycles. The first-order valence-electron chi connectivity index (χ1n) is 12.7. The lowest BCUT2D eigenvalue weighted by atomic mass is 10.2. The Morgan fingerprint density at radius 1 is 0.683 bits per heavy atom. The topological polar surface area (TPSA) is 80.3 Å². The van der Waals surface area contributed by atoms with Crippen molar-refractivity contribution in [1.29, 1.82) is 0 Å². The highest BCUT2D eigenvalue weighted by atomic mass is 28.5. The molecule has 0 atom stereocenters. The molecule has 0 saturated carbocycles. The van der Waals surface area contributed by atoms with E-state index in [-0.39, 0.29) is 5.97 Å². The van der Waals surface area contributed by atoms with Crippen LogP contribution in [0.2, 0.25) is 65.0 Å². The summed E-state index contributed by atoms with van der Waals surface area (Å²) in [4.78, 5) is 22.1. The molecule has 0 rings (SSSR count). The van der Waals surface area contributed by atoms with Crippen molar-refractivity contribution in [1.82, 2.24) is 0 Å². The molecule has 0 spiro atoms. The third-order valence-electron chi connectivity index (χ3n) is 4.08. The minimum Gasteiger partial charge on any atom is -0.462 e. The fourth-order valence-corrected chi connectivity index (χ4v) is 17.3. The van der Waals surface area contributed by atoms with Gasteiger partial charge in [0, 0.05) is 24.1 Å². The van der Waals surface area contributed by atoms with Crippen molar-refractivity contribution in [2.24, 2.45) is 0 Å². The van der Waals surface area contributed by atoms with Crippen molar-refractivity contribution in [2.75, 3.05) is 6.61 Å². The van der Waals surface area contributed by atoms with E-state index in [4.69, 9.17) is 17.1 Å². The first-order chi connectivity index (χ1) is 17.8. The number of hydrogen-bond acceptors (Lipinski definition) is 7. The van der Waals surface area contributed by atoms with Crippen molar-refractivity contribution < 1.29 is 57.8 Å². The summed E-state index contributed by atoms with van der Waals surface area (Å²) >= 11 is 0. The quantitative estimate of drug-likeness (QED) is 0.0574. The number of ether oxygens (including phenoxy) is 2. The highest BCUT2D eigenvalue weighted by Crippen LogP contribution is 2.46. The minimum absolute atomic E-state index is 0.333. The summed E-state index contributed by atoms with van der Waals surface area (Å²) < 4.78 is 103. The first kappa shape index (κ1) is 41.9. The monoisotopic (exact) mass is 672 g/mol. The van der Waals surface area contributed by atoms with Gasteiger partial charge in [0.1, 0.15) is 0 Å². The van der Waals surface area contributed by atoms with Crippen LogP contribution >= 0.6 is 0 Å². The zero-order chi connectivity index (χ0) is 33.5. The zero-order valence-corrected chi connectivity index (χ0v) is 30.2. The van der Waals surface area contributed by atoms with Crippen LogP contribution in [-0.4, -0.2) is 70.3 Å². The van der Waals surface area contributed by atoms with Gasteiger partial charge in [-0.05, 0) is 79.2 Å². The second-order valence-corrected chi connectivity index (χ2v) is 29.5. The molecule has 0 radical (unpaired) electrons. The summed E-state index contributed by atoms with van der Waals surface area (Å²) in [6.45, 7) is 28.4. The van der Waals surface area contributed by atoms with Crippen LogP contribution in [0.4, 0.5) is 26.3 Å². The van der Waals surface area contributed by atoms with Gasteiger partial charge in [-0.25, -0.2) is 9.59 Å². The van der Waals surface area contributed by atoms with E-state index in [1.54, 1.807) is 6.92 Å². The highest BCUT2D eigenvalue weighted by Gasteiger charge is 2.72. The van der Waals surface area contributed by atoms with Crippen molar-refractivity contribution in [3.05, 3.63) is 24.3 Å². The van der Waals surface area contributed by atoms with Crippen LogP contribution in [0.15, 0.2) is 24.3 Å². The zero-order valence-electron chi connectivity index (χ0n) is 26.2. The number of carbonyl (C=O) groups excluding carboxylic acids is 2. The molecule has 0 aliphatic rings. The summed E-state index contributed by atoms with van der Waals surface area (Å²) in [5, 5.41) is 0. The number of esters is 2. The van der Waals surface area contributed by atoms with Crippen molar-refractivity contribution in [3.8, 4) is 0 Å². The maximum atomic E-state index is 12.6. The summed E-state index contributed by atoms with van der Waals surface area (Å²) in [7, 11) is -8.40. The fourth-order valence-electron chi connectivity index (χ4n) is 2.72. The number of rotatable bonds is 15. The maximum Gasteiger partial charge on any atom is 0.473 e. The van der Waals surface area contributed by atoms with Crippen molar-refractivity contribution in [3.63, 3.8) is 0 Å². The predicted octanol–water partition coefficient (Wildman–Crippen LogP) is 7.98. The van der Waals surface area contributed by atoms with Gasteiger partial charge in [0.05, 0.1) is 6.61 Å². The minimum atomic E-state index is -5.80. The van der Waals surface area contributed by atoms with Crippen LogP contribution in [0.5, 0.6) is 0 Å². The summed E-state index contributed by atoms with van der Waals surface area (Å²) in [6.07, 6.45) is -4.94. The van der Waals surface area contributed by atoms with Crippen LogP contribution in [-0.2, 0) is 31.4 Å². The normalized spacial score (nSPS) is 13.6.